The number of nitrogens with one attached hydrogen (secondary N) is 2. The van der Waals surface area contributed by atoms with Gasteiger partial charge < -0.3 is 10.6 Å². The topological polar surface area (TPSA) is 41.1 Å². The standard InChI is InChI=1S/C15H16F2N2O/c16-11-3-9(10-6-19-15(20)13(10)14(11)17)12-7-1-2-8(12)5-18-4-7/h3,7-8,12,18H,1-2,4-6H2,(H,19,20)/t7-,8+,12?/i/hD. The second-order valence-electron chi connectivity index (χ2n) is 6.02. The number of hydrogen-bond acceptors (Lipinski definition) is 2. The van der Waals surface area contributed by atoms with Crippen LogP contribution in [0, 0.1) is 23.5 Å². The first-order valence-electron chi connectivity index (χ1n) is 7.55. The van der Waals surface area contributed by atoms with Gasteiger partial charge in [0.25, 0.3) is 5.91 Å². The minimum Gasteiger partial charge on any atom is -0.348 e. The fourth-order valence-corrected chi connectivity index (χ4v) is 4.20. The number of halogens is 2. The maximum atomic E-state index is 14.0. The molecule has 2 bridgehead atoms. The largest absolute Gasteiger partial charge is 0.348 e. The first kappa shape index (κ1) is 11.2. The quantitative estimate of drug-likeness (QED) is 0.824. The monoisotopic (exact) mass is 279 g/mol. The summed E-state index contributed by atoms with van der Waals surface area (Å²) in [5.74, 6) is -1.81. The molecule has 20 heavy (non-hydrogen) atoms. The first-order valence-corrected chi connectivity index (χ1v) is 7.10. The molecule has 3 nitrogen and oxygen atoms in total. The maximum absolute atomic E-state index is 14.0. The van der Waals surface area contributed by atoms with Crippen LogP contribution in [-0.2, 0) is 6.54 Å². The predicted octanol–water partition coefficient (Wildman–Crippen LogP) is 1.92. The van der Waals surface area contributed by atoms with Gasteiger partial charge in [0.2, 0.25) is 0 Å². The molecule has 0 radical (unpaired) electrons. The van der Waals surface area contributed by atoms with Crippen LogP contribution >= 0.6 is 0 Å². The predicted molar refractivity (Wildman–Crippen MR) is 69.4 cm³/mol. The van der Waals surface area contributed by atoms with Crippen molar-refractivity contribution in [3.63, 3.8) is 0 Å². The van der Waals surface area contributed by atoms with Crippen molar-refractivity contribution in [3.8, 4) is 0 Å². The van der Waals surface area contributed by atoms with Gasteiger partial charge in [0.15, 0.2) is 13.0 Å². The Morgan fingerprint density at radius 2 is 1.95 bits per heavy atom. The molecule has 1 amide bonds. The molecule has 4 rings (SSSR count). The lowest BCUT2D eigenvalue weighted by Crippen LogP contribution is -2.37. The maximum Gasteiger partial charge on any atom is 0.254 e. The summed E-state index contributed by atoms with van der Waals surface area (Å²) in [6, 6.07) is 1.27. The normalized spacial score (nSPS) is 32.5. The highest BCUT2D eigenvalue weighted by Crippen LogP contribution is 2.48. The third-order valence-electron chi connectivity index (χ3n) is 5.05. The molecule has 2 fully saturated rings. The first-order chi connectivity index (χ1) is 10.1. The number of hydrogen-bond donors (Lipinski definition) is 2. The lowest BCUT2D eigenvalue weighted by molar-refractivity contribution is 0.0961. The van der Waals surface area contributed by atoms with E-state index in [-0.39, 0.29) is 18.0 Å². The van der Waals surface area contributed by atoms with Crippen molar-refractivity contribution >= 4 is 5.91 Å². The summed E-state index contributed by atoms with van der Waals surface area (Å²) < 4.78 is 35.5. The van der Waals surface area contributed by atoms with Crippen LogP contribution in [0.1, 0.15) is 40.2 Å². The van der Waals surface area contributed by atoms with Gasteiger partial charge in [-0.05, 0) is 60.9 Å². The molecule has 1 aromatic carbocycles. The number of amides is 1. The van der Waals surface area contributed by atoms with Gasteiger partial charge in [-0.1, -0.05) is 0 Å². The Morgan fingerprint density at radius 3 is 2.65 bits per heavy atom. The zero-order valence-electron chi connectivity index (χ0n) is 12.0. The molecule has 3 atom stereocenters. The van der Waals surface area contributed by atoms with Gasteiger partial charge in [0, 0.05) is 6.54 Å². The van der Waals surface area contributed by atoms with Crippen LogP contribution < -0.4 is 10.6 Å². The molecule has 3 aliphatic rings. The van der Waals surface area contributed by atoms with E-state index in [0.717, 1.165) is 36.8 Å². The molecule has 2 heterocycles. The fraction of sp³-hybridized carbons (Fsp3) is 0.533. The van der Waals surface area contributed by atoms with E-state index in [9.17, 15) is 13.6 Å². The van der Waals surface area contributed by atoms with Crippen molar-refractivity contribution in [2.24, 2.45) is 11.8 Å². The Morgan fingerprint density at radius 1 is 1.25 bits per heavy atom. The minimum absolute atomic E-state index is 0.0596. The van der Waals surface area contributed by atoms with Gasteiger partial charge in [-0.2, -0.15) is 0 Å². The Kier molecular flexibility index (Phi) is 2.38. The average Bonchev–Trinajstić information content (AvgIpc) is 2.88. The van der Waals surface area contributed by atoms with Crippen LogP contribution in [0.4, 0.5) is 8.78 Å². The van der Waals surface area contributed by atoms with Crippen LogP contribution in [0.5, 0.6) is 0 Å². The van der Waals surface area contributed by atoms with Crippen molar-refractivity contribution in [3.05, 3.63) is 34.4 Å². The molecule has 106 valence electrons. The van der Waals surface area contributed by atoms with Gasteiger partial charge in [-0.3, -0.25) is 4.79 Å². The third kappa shape index (κ3) is 1.56. The molecule has 0 spiro atoms. The highest BCUT2D eigenvalue weighted by Gasteiger charge is 2.42. The number of carbonyl (C=O) groups is 1. The van der Waals surface area contributed by atoms with E-state index in [4.69, 9.17) is 1.41 Å². The highest BCUT2D eigenvalue weighted by atomic mass is 19.2. The lowest BCUT2D eigenvalue weighted by Gasteiger charge is -2.32. The van der Waals surface area contributed by atoms with Gasteiger partial charge in [-0.15, -0.1) is 0 Å². The third-order valence-corrected chi connectivity index (χ3v) is 5.05. The van der Waals surface area contributed by atoms with Crippen LogP contribution in [0.25, 0.3) is 0 Å². The van der Waals surface area contributed by atoms with Crippen molar-refractivity contribution in [2.45, 2.75) is 25.3 Å². The summed E-state index contributed by atoms with van der Waals surface area (Å²) in [4.78, 5) is 11.9. The zero-order chi connectivity index (χ0) is 14.7. The molecule has 2 N–H and O–H groups in total. The van der Waals surface area contributed by atoms with Crippen LogP contribution in [0.15, 0.2) is 6.07 Å². The molecule has 5 heteroatoms. The number of piperidine rings is 1. The number of carbonyl (C=O) groups excluding carboxylic acids is 1. The fourth-order valence-electron chi connectivity index (χ4n) is 4.20. The smallest absolute Gasteiger partial charge is 0.254 e. The molecule has 0 aromatic heterocycles. The van der Waals surface area contributed by atoms with Gasteiger partial charge in [-0.25, -0.2) is 8.78 Å². The lowest BCUT2D eigenvalue weighted by atomic mass is 9.78. The Bertz CT molecular complexity index is 621. The molecule has 1 unspecified atom stereocenters. The van der Waals surface area contributed by atoms with E-state index in [1.165, 1.54) is 6.07 Å². The van der Waals surface area contributed by atoms with Gasteiger partial charge in [0.05, 0.1) is 5.56 Å². The molecule has 1 saturated heterocycles. The van der Waals surface area contributed by atoms with Crippen molar-refractivity contribution in [1.82, 2.24) is 10.6 Å². The Balaban J connectivity index is 1.88. The molecule has 1 aliphatic carbocycles. The van der Waals surface area contributed by atoms with Crippen molar-refractivity contribution in [2.75, 3.05) is 13.1 Å². The van der Waals surface area contributed by atoms with E-state index < -0.39 is 17.5 Å². The molecule has 1 saturated carbocycles. The van der Waals surface area contributed by atoms with Gasteiger partial charge >= 0.3 is 0 Å². The minimum atomic E-state index is -1.10. The number of fused-ring (bicyclic) bond motifs is 3. The molecule has 1 aromatic rings. The average molecular weight is 279 g/mol. The molecule has 2 aliphatic heterocycles. The second kappa shape index (κ2) is 4.25. The number of benzene rings is 1. The summed E-state index contributed by atoms with van der Waals surface area (Å²) in [6.07, 6.45) is 2.16. The highest BCUT2D eigenvalue weighted by molar-refractivity contribution is 5.99. The SMILES string of the molecule is [2H]N1Cc2c(C3[C@@H]4CC[C@H]3CNC4)cc(F)c(F)c2C1=O. The summed E-state index contributed by atoms with van der Waals surface area (Å²) in [7, 11) is 0. The summed E-state index contributed by atoms with van der Waals surface area (Å²) in [6.45, 7) is 1.82. The second-order valence-corrected chi connectivity index (χ2v) is 6.02. The molecular weight excluding hydrogens is 262 g/mol. The van der Waals surface area contributed by atoms with E-state index in [1.807, 2.05) is 0 Å². The summed E-state index contributed by atoms with van der Waals surface area (Å²) in [5, 5.41) is 4.10. The van der Waals surface area contributed by atoms with E-state index in [2.05, 4.69) is 5.32 Å². The van der Waals surface area contributed by atoms with Crippen molar-refractivity contribution in [1.29, 1.82) is 0 Å². The zero-order valence-corrected chi connectivity index (χ0v) is 11.0. The Hall–Kier alpha value is -1.49. The Labute approximate surface area is 117 Å². The summed E-state index contributed by atoms with van der Waals surface area (Å²) in [5.41, 5.74) is 1.05. The number of rotatable bonds is 1. The molecular formula is C15H16F2N2O. The van der Waals surface area contributed by atoms with E-state index >= 15 is 0 Å². The van der Waals surface area contributed by atoms with Crippen LogP contribution in [-0.4, -0.2) is 19.0 Å². The van der Waals surface area contributed by atoms with Crippen LogP contribution in [0.3, 0.4) is 0 Å². The van der Waals surface area contributed by atoms with E-state index in [1.54, 1.807) is 0 Å². The van der Waals surface area contributed by atoms with Crippen LogP contribution in [0.2, 0.25) is 1.41 Å². The van der Waals surface area contributed by atoms with E-state index in [0.29, 0.717) is 17.4 Å². The summed E-state index contributed by atoms with van der Waals surface area (Å²) >= 11 is 0. The van der Waals surface area contributed by atoms with Gasteiger partial charge in [0.1, 0.15) is 0 Å². The van der Waals surface area contributed by atoms with Crippen molar-refractivity contribution < 1.29 is 15.0 Å².